The van der Waals surface area contributed by atoms with E-state index in [1.54, 1.807) is 24.3 Å². The van der Waals surface area contributed by atoms with Gasteiger partial charge in [-0.25, -0.2) is 4.79 Å². The van der Waals surface area contributed by atoms with Crippen LogP contribution < -0.4 is 10.6 Å². The first-order valence-corrected chi connectivity index (χ1v) is 11.9. The van der Waals surface area contributed by atoms with Crippen LogP contribution in [0.2, 0.25) is 5.02 Å². The molecule has 2 rings (SSSR count). The minimum Gasteiger partial charge on any atom is -0.445 e. The van der Waals surface area contributed by atoms with Gasteiger partial charge in [-0.2, -0.15) is 0 Å². The fourth-order valence-electron chi connectivity index (χ4n) is 2.23. The average molecular weight is 519 g/mol. The molecule has 0 fully saturated rings. The molecular weight excluding hydrogens is 499 g/mol. The summed E-state index contributed by atoms with van der Waals surface area (Å²) in [6.07, 6.45) is -0.645. The minimum atomic E-state index is -0.793. The number of hydrogen-bond donors (Lipinski definition) is 2. The molecule has 0 saturated carbocycles. The second-order valence-corrected chi connectivity index (χ2v) is 9.28. The van der Waals surface area contributed by atoms with Gasteiger partial charge in [0.15, 0.2) is 0 Å². The molecule has 2 aromatic carbocycles. The number of amides is 2. The van der Waals surface area contributed by atoms with Gasteiger partial charge in [0.1, 0.15) is 12.6 Å². The Bertz CT molecular complexity index is 772. The molecule has 2 N–H and O–H groups in total. The third-order valence-corrected chi connectivity index (χ3v) is 8.03. The van der Waals surface area contributed by atoms with Crippen LogP contribution in [-0.2, 0) is 16.1 Å². The van der Waals surface area contributed by atoms with Crippen LogP contribution in [-0.4, -0.2) is 22.8 Å². The van der Waals surface area contributed by atoms with Crippen molar-refractivity contribution < 1.29 is 14.3 Å². The molecule has 0 aliphatic heterocycles. The van der Waals surface area contributed by atoms with Crippen LogP contribution in [0.4, 0.5) is 10.5 Å². The highest BCUT2D eigenvalue weighted by Crippen LogP contribution is 2.34. The SMILES string of the molecule is CC(C)(SI)C(NC(=O)OCc1ccccc1)C(=O)Nc1ccc(Cl)cc1. The monoisotopic (exact) mass is 518 g/mol. The molecule has 8 heteroatoms. The zero-order valence-corrected chi connectivity index (χ0v) is 18.6. The van der Waals surface area contributed by atoms with E-state index in [1.807, 2.05) is 44.2 Å². The number of benzene rings is 2. The van der Waals surface area contributed by atoms with E-state index in [0.29, 0.717) is 10.7 Å². The zero-order chi connectivity index (χ0) is 19.9. The topological polar surface area (TPSA) is 67.4 Å². The number of ether oxygens (including phenoxy) is 1. The summed E-state index contributed by atoms with van der Waals surface area (Å²) in [5, 5.41) is 6.07. The molecule has 1 atom stereocenters. The van der Waals surface area contributed by atoms with Crippen LogP contribution in [0.15, 0.2) is 54.6 Å². The molecular formula is C19H20ClIN2O3S. The van der Waals surface area contributed by atoms with E-state index in [2.05, 4.69) is 31.8 Å². The van der Waals surface area contributed by atoms with Crippen LogP contribution in [0, 0.1) is 0 Å². The Balaban J connectivity index is 2.03. The maximum atomic E-state index is 12.8. The molecule has 0 radical (unpaired) electrons. The Labute approximate surface area is 180 Å². The predicted molar refractivity (Wildman–Crippen MR) is 119 cm³/mol. The molecule has 0 aliphatic rings. The highest BCUT2D eigenvalue weighted by atomic mass is 127. The van der Waals surface area contributed by atoms with E-state index in [1.165, 1.54) is 8.93 Å². The van der Waals surface area contributed by atoms with Crippen molar-refractivity contribution in [2.24, 2.45) is 0 Å². The number of alkyl carbamates (subject to hydrolysis) is 1. The Morgan fingerprint density at radius 2 is 1.78 bits per heavy atom. The summed E-state index contributed by atoms with van der Waals surface area (Å²) >= 11 is 7.99. The Hall–Kier alpha value is -1.45. The van der Waals surface area contributed by atoms with E-state index >= 15 is 0 Å². The van der Waals surface area contributed by atoms with Gasteiger partial charge in [-0.05, 0) is 64.9 Å². The Kier molecular flexibility index (Phi) is 8.25. The second-order valence-electron chi connectivity index (χ2n) is 6.32. The van der Waals surface area contributed by atoms with Crippen LogP contribution >= 0.6 is 41.7 Å². The van der Waals surface area contributed by atoms with Crippen molar-refractivity contribution in [1.82, 2.24) is 5.32 Å². The van der Waals surface area contributed by atoms with Crippen molar-refractivity contribution in [3.8, 4) is 0 Å². The lowest BCUT2D eigenvalue weighted by Gasteiger charge is -2.31. The summed E-state index contributed by atoms with van der Waals surface area (Å²) in [5.74, 6) is -0.330. The maximum absolute atomic E-state index is 12.8. The van der Waals surface area contributed by atoms with Gasteiger partial charge in [0.25, 0.3) is 0 Å². The van der Waals surface area contributed by atoms with Crippen molar-refractivity contribution >= 4 is 59.4 Å². The minimum absolute atomic E-state index is 0.135. The largest absolute Gasteiger partial charge is 0.445 e. The average Bonchev–Trinajstić information content (AvgIpc) is 2.67. The number of nitrogens with one attached hydrogen (secondary N) is 2. The number of halogens is 2. The number of rotatable bonds is 7. The van der Waals surface area contributed by atoms with Gasteiger partial charge in [-0.3, -0.25) is 4.79 Å². The smallest absolute Gasteiger partial charge is 0.408 e. The lowest BCUT2D eigenvalue weighted by Crippen LogP contribution is -2.54. The second kappa shape index (κ2) is 10.2. The van der Waals surface area contributed by atoms with Gasteiger partial charge in [0.2, 0.25) is 5.91 Å². The maximum Gasteiger partial charge on any atom is 0.408 e. The summed E-state index contributed by atoms with van der Waals surface area (Å²) in [6.45, 7) is 3.90. The first kappa shape index (κ1) is 21.8. The summed E-state index contributed by atoms with van der Waals surface area (Å²) < 4.78 is 4.70. The molecule has 0 saturated heterocycles. The van der Waals surface area contributed by atoms with Gasteiger partial charge >= 0.3 is 6.09 Å². The molecule has 0 bridgehead atoms. The summed E-state index contributed by atoms with van der Waals surface area (Å²) in [6, 6.07) is 15.3. The standard InChI is InChI=1S/C19H20ClIN2O3S/c1-19(2,27-21)16(17(24)22-15-10-8-14(20)9-11-15)23-18(25)26-12-13-6-4-3-5-7-13/h3-11,16H,12H2,1-2H3,(H,22,24)(H,23,25). The first-order valence-electron chi connectivity index (χ1n) is 8.15. The van der Waals surface area contributed by atoms with E-state index in [0.717, 1.165) is 5.56 Å². The van der Waals surface area contributed by atoms with Crippen LogP contribution in [0.5, 0.6) is 0 Å². The van der Waals surface area contributed by atoms with Crippen molar-refractivity contribution in [3.63, 3.8) is 0 Å². The summed E-state index contributed by atoms with van der Waals surface area (Å²) in [4.78, 5) is 25.0. The van der Waals surface area contributed by atoms with E-state index in [9.17, 15) is 9.59 Å². The highest BCUT2D eigenvalue weighted by molar-refractivity contribution is 14.2. The molecule has 0 aliphatic carbocycles. The molecule has 5 nitrogen and oxygen atoms in total. The fourth-order valence-corrected chi connectivity index (χ4v) is 3.37. The van der Waals surface area contributed by atoms with Crippen molar-refractivity contribution in [2.45, 2.75) is 31.2 Å². The molecule has 144 valence electrons. The third kappa shape index (κ3) is 6.90. The van der Waals surface area contributed by atoms with Crippen LogP contribution in [0.3, 0.4) is 0 Å². The quantitative estimate of drug-likeness (QED) is 0.479. The molecule has 27 heavy (non-hydrogen) atoms. The van der Waals surface area contributed by atoms with Gasteiger partial charge in [-0.15, -0.1) is 0 Å². The summed E-state index contributed by atoms with van der Waals surface area (Å²) in [5.41, 5.74) is 1.47. The molecule has 0 aromatic heterocycles. The molecule has 1 unspecified atom stereocenters. The number of carbonyl (C=O) groups is 2. The van der Waals surface area contributed by atoms with Gasteiger partial charge < -0.3 is 15.4 Å². The Morgan fingerprint density at radius 1 is 1.15 bits per heavy atom. The lowest BCUT2D eigenvalue weighted by molar-refractivity contribution is -0.118. The summed E-state index contributed by atoms with van der Waals surface area (Å²) in [7, 11) is 1.45. The van der Waals surface area contributed by atoms with E-state index < -0.39 is 16.9 Å². The predicted octanol–water partition coefficient (Wildman–Crippen LogP) is 5.44. The zero-order valence-electron chi connectivity index (χ0n) is 14.9. The molecule has 0 spiro atoms. The molecule has 2 amide bonds. The number of anilines is 1. The van der Waals surface area contributed by atoms with Crippen LogP contribution in [0.1, 0.15) is 19.4 Å². The lowest BCUT2D eigenvalue weighted by atomic mass is 10.0. The normalized spacial score (nSPS) is 12.1. The van der Waals surface area contributed by atoms with E-state index in [4.69, 9.17) is 16.3 Å². The number of hydrogen-bond acceptors (Lipinski definition) is 4. The van der Waals surface area contributed by atoms with Gasteiger partial charge in [0.05, 0.1) is 0 Å². The molecule has 2 aromatic rings. The highest BCUT2D eigenvalue weighted by Gasteiger charge is 2.37. The fraction of sp³-hybridized carbons (Fsp3) is 0.263. The van der Waals surface area contributed by atoms with Crippen molar-refractivity contribution in [2.75, 3.05) is 5.32 Å². The van der Waals surface area contributed by atoms with Gasteiger partial charge in [0, 0.05) is 15.5 Å². The van der Waals surface area contributed by atoms with Gasteiger partial charge in [-0.1, -0.05) is 50.9 Å². The van der Waals surface area contributed by atoms with Crippen LogP contribution in [0.25, 0.3) is 0 Å². The third-order valence-electron chi connectivity index (χ3n) is 3.74. The van der Waals surface area contributed by atoms with Crippen molar-refractivity contribution in [1.29, 1.82) is 0 Å². The van der Waals surface area contributed by atoms with Crippen molar-refractivity contribution in [3.05, 3.63) is 65.2 Å². The number of carbonyl (C=O) groups excluding carboxylic acids is 2. The molecule has 0 heterocycles. The first-order chi connectivity index (χ1) is 12.8. The Morgan fingerprint density at radius 3 is 2.37 bits per heavy atom. The van der Waals surface area contributed by atoms with E-state index in [-0.39, 0.29) is 12.5 Å².